The molecule has 5 nitrogen and oxygen atoms in total. The molecule has 0 bridgehead atoms. The van der Waals surface area contributed by atoms with Crippen molar-refractivity contribution in [3.63, 3.8) is 0 Å². The van der Waals surface area contributed by atoms with E-state index in [0.29, 0.717) is 12.1 Å². The molecular formula is C22H24N4O. The Morgan fingerprint density at radius 1 is 1.19 bits per heavy atom. The average molecular weight is 360 g/mol. The van der Waals surface area contributed by atoms with E-state index in [-0.39, 0.29) is 11.7 Å². The van der Waals surface area contributed by atoms with Gasteiger partial charge in [0, 0.05) is 30.5 Å². The monoisotopic (exact) mass is 360 g/mol. The first-order valence-corrected chi connectivity index (χ1v) is 8.87. The zero-order valence-electron chi connectivity index (χ0n) is 15.6. The van der Waals surface area contributed by atoms with Gasteiger partial charge in [-0.15, -0.1) is 0 Å². The highest BCUT2D eigenvalue weighted by Crippen LogP contribution is 2.21. The minimum atomic E-state index is -0.108. The summed E-state index contributed by atoms with van der Waals surface area (Å²) < 4.78 is 0. The molecule has 5 heteroatoms. The van der Waals surface area contributed by atoms with Crippen molar-refractivity contribution >= 4 is 17.4 Å². The van der Waals surface area contributed by atoms with Gasteiger partial charge in [-0.05, 0) is 43.2 Å². The largest absolute Gasteiger partial charge is 0.384 e. The molecule has 27 heavy (non-hydrogen) atoms. The number of nitrogens with one attached hydrogen (secondary N) is 2. The Labute approximate surface area is 159 Å². The Hall–Kier alpha value is -3.34. The maximum atomic E-state index is 12.6. The van der Waals surface area contributed by atoms with Crippen molar-refractivity contribution in [2.24, 2.45) is 5.73 Å². The first kappa shape index (κ1) is 18.5. The summed E-state index contributed by atoms with van der Waals surface area (Å²) in [6.45, 7) is 5.13. The normalized spacial score (nSPS) is 13.6. The van der Waals surface area contributed by atoms with Crippen molar-refractivity contribution in [2.45, 2.75) is 20.4 Å². The van der Waals surface area contributed by atoms with E-state index in [9.17, 15) is 4.79 Å². The fraction of sp³-hybridized carbons (Fsp3) is 0.182. The van der Waals surface area contributed by atoms with Crippen LogP contribution in [0.15, 0.2) is 72.0 Å². The van der Waals surface area contributed by atoms with Crippen molar-refractivity contribution in [1.82, 2.24) is 5.32 Å². The van der Waals surface area contributed by atoms with Gasteiger partial charge in [-0.1, -0.05) is 42.0 Å². The van der Waals surface area contributed by atoms with Gasteiger partial charge in [-0.25, -0.2) is 0 Å². The summed E-state index contributed by atoms with van der Waals surface area (Å²) in [5.74, 6) is -0.0552. The predicted octanol–water partition coefficient (Wildman–Crippen LogP) is 3.25. The minimum Gasteiger partial charge on any atom is -0.384 e. The van der Waals surface area contributed by atoms with Crippen LogP contribution in [0.1, 0.15) is 23.6 Å². The van der Waals surface area contributed by atoms with Crippen LogP contribution in [0.5, 0.6) is 0 Å². The minimum absolute atomic E-state index is 0.0528. The molecule has 0 saturated heterocycles. The lowest BCUT2D eigenvalue weighted by Crippen LogP contribution is -2.29. The Morgan fingerprint density at radius 2 is 1.93 bits per heavy atom. The summed E-state index contributed by atoms with van der Waals surface area (Å²) in [4.78, 5) is 14.7. The SMILES string of the molecule is CC1=CC(C(=O)NCc2ccc(C(=N)N)c(C)c2)=CN(c2ccccc2)C1. The Bertz CT molecular complexity index is 929. The molecule has 0 radical (unpaired) electrons. The molecule has 2 aromatic carbocycles. The molecule has 1 aliphatic rings. The van der Waals surface area contributed by atoms with Crippen LogP contribution < -0.4 is 16.0 Å². The van der Waals surface area contributed by atoms with E-state index in [4.69, 9.17) is 11.1 Å². The van der Waals surface area contributed by atoms with Crippen LogP contribution in [0.2, 0.25) is 0 Å². The quantitative estimate of drug-likeness (QED) is 0.565. The predicted molar refractivity (Wildman–Crippen MR) is 110 cm³/mol. The number of nitrogens with two attached hydrogens (primary N) is 1. The van der Waals surface area contributed by atoms with E-state index < -0.39 is 0 Å². The fourth-order valence-corrected chi connectivity index (χ4v) is 3.16. The number of aryl methyl sites for hydroxylation is 1. The summed E-state index contributed by atoms with van der Waals surface area (Å²) in [7, 11) is 0. The van der Waals surface area contributed by atoms with Gasteiger partial charge >= 0.3 is 0 Å². The second-order valence-corrected chi connectivity index (χ2v) is 6.78. The molecule has 4 N–H and O–H groups in total. The van der Waals surface area contributed by atoms with Crippen molar-refractivity contribution in [1.29, 1.82) is 5.41 Å². The number of benzene rings is 2. The Kier molecular flexibility index (Phi) is 5.41. The van der Waals surface area contributed by atoms with Crippen molar-refractivity contribution in [2.75, 3.05) is 11.4 Å². The number of amides is 1. The molecule has 0 aromatic heterocycles. The molecule has 0 aliphatic carbocycles. The van der Waals surface area contributed by atoms with Crippen LogP contribution in [0.3, 0.4) is 0 Å². The fourth-order valence-electron chi connectivity index (χ4n) is 3.16. The molecule has 1 amide bonds. The first-order valence-electron chi connectivity index (χ1n) is 8.87. The number of amidine groups is 1. The van der Waals surface area contributed by atoms with E-state index in [1.807, 2.05) is 74.7 Å². The molecule has 138 valence electrons. The number of anilines is 1. The van der Waals surface area contributed by atoms with Crippen LogP contribution in [-0.2, 0) is 11.3 Å². The molecule has 0 saturated carbocycles. The van der Waals surface area contributed by atoms with Crippen LogP contribution in [-0.4, -0.2) is 18.3 Å². The van der Waals surface area contributed by atoms with Crippen LogP contribution in [0.25, 0.3) is 0 Å². The number of carbonyl (C=O) groups is 1. The van der Waals surface area contributed by atoms with Gasteiger partial charge in [0.2, 0.25) is 0 Å². The first-order chi connectivity index (χ1) is 12.9. The summed E-state index contributed by atoms with van der Waals surface area (Å²) in [6.07, 6.45) is 3.82. The summed E-state index contributed by atoms with van der Waals surface area (Å²) >= 11 is 0. The molecule has 3 rings (SSSR count). The number of hydrogen-bond acceptors (Lipinski definition) is 3. The van der Waals surface area contributed by atoms with Gasteiger partial charge in [0.25, 0.3) is 5.91 Å². The number of rotatable bonds is 5. The molecule has 0 spiro atoms. The van der Waals surface area contributed by atoms with E-state index in [2.05, 4.69) is 10.2 Å². The van der Waals surface area contributed by atoms with Gasteiger partial charge in [0.15, 0.2) is 0 Å². The van der Waals surface area contributed by atoms with Crippen LogP contribution in [0, 0.1) is 12.3 Å². The summed E-state index contributed by atoms with van der Waals surface area (Å²) in [5, 5.41) is 10.5. The Balaban J connectivity index is 1.71. The van der Waals surface area contributed by atoms with Gasteiger partial charge in [-0.2, -0.15) is 0 Å². The second-order valence-electron chi connectivity index (χ2n) is 6.78. The number of para-hydroxylation sites is 1. The molecular weight excluding hydrogens is 336 g/mol. The third-order valence-electron chi connectivity index (χ3n) is 4.50. The topological polar surface area (TPSA) is 82.2 Å². The molecule has 0 unspecified atom stereocenters. The number of nitrogen functional groups attached to an aromatic ring is 1. The maximum absolute atomic E-state index is 12.6. The third-order valence-corrected chi connectivity index (χ3v) is 4.50. The third kappa shape index (κ3) is 4.44. The highest BCUT2D eigenvalue weighted by molar-refractivity contribution is 5.97. The highest BCUT2D eigenvalue weighted by atomic mass is 16.1. The van der Waals surface area contributed by atoms with Gasteiger partial charge < -0.3 is 16.0 Å². The summed E-state index contributed by atoms with van der Waals surface area (Å²) in [6, 6.07) is 15.7. The number of hydrogen-bond donors (Lipinski definition) is 3. The lowest BCUT2D eigenvalue weighted by molar-refractivity contribution is -0.117. The lowest BCUT2D eigenvalue weighted by Gasteiger charge is -2.25. The van der Waals surface area contributed by atoms with Crippen molar-refractivity contribution in [3.8, 4) is 0 Å². The Morgan fingerprint density at radius 3 is 2.59 bits per heavy atom. The summed E-state index contributed by atoms with van der Waals surface area (Å²) in [5.41, 5.74) is 11.0. The van der Waals surface area contributed by atoms with E-state index in [1.54, 1.807) is 0 Å². The zero-order chi connectivity index (χ0) is 19.4. The molecule has 0 atom stereocenters. The standard InChI is InChI=1S/C22H24N4O/c1-15-10-18(14-26(13-15)19-6-4-3-5-7-19)22(27)25-12-17-8-9-20(21(23)24)16(2)11-17/h3-11,14H,12-13H2,1-2H3,(H3,23,24)(H,25,27). The second kappa shape index (κ2) is 7.91. The van der Waals surface area contributed by atoms with Crippen LogP contribution >= 0.6 is 0 Å². The lowest BCUT2D eigenvalue weighted by atomic mass is 10.0. The van der Waals surface area contributed by atoms with Crippen molar-refractivity contribution < 1.29 is 4.79 Å². The maximum Gasteiger partial charge on any atom is 0.253 e. The molecule has 1 heterocycles. The average Bonchev–Trinajstić information content (AvgIpc) is 2.66. The highest BCUT2D eigenvalue weighted by Gasteiger charge is 2.16. The van der Waals surface area contributed by atoms with E-state index in [0.717, 1.165) is 34.5 Å². The molecule has 2 aromatic rings. The number of carbonyl (C=O) groups excluding carboxylic acids is 1. The van der Waals surface area contributed by atoms with Gasteiger partial charge in [0.1, 0.15) is 5.84 Å². The smallest absolute Gasteiger partial charge is 0.253 e. The zero-order valence-corrected chi connectivity index (χ0v) is 15.6. The van der Waals surface area contributed by atoms with Crippen LogP contribution in [0.4, 0.5) is 5.69 Å². The van der Waals surface area contributed by atoms with E-state index >= 15 is 0 Å². The van der Waals surface area contributed by atoms with E-state index in [1.165, 1.54) is 0 Å². The molecule has 0 fully saturated rings. The van der Waals surface area contributed by atoms with Crippen molar-refractivity contribution in [3.05, 3.63) is 88.6 Å². The molecule has 1 aliphatic heterocycles. The number of nitrogens with zero attached hydrogens (tertiary/aromatic N) is 1. The van der Waals surface area contributed by atoms with Gasteiger partial charge in [-0.3, -0.25) is 10.2 Å². The van der Waals surface area contributed by atoms with Gasteiger partial charge in [0.05, 0.1) is 5.57 Å².